The van der Waals surface area contributed by atoms with Crippen molar-refractivity contribution in [1.29, 1.82) is 0 Å². The molecule has 0 rings (SSSR count). The Morgan fingerprint density at radius 3 is 1.70 bits per heavy atom. The van der Waals surface area contributed by atoms with Crippen molar-refractivity contribution in [2.24, 2.45) is 45.7 Å². The summed E-state index contributed by atoms with van der Waals surface area (Å²) in [4.78, 5) is 89.1. The Morgan fingerprint density at radius 2 is 1.26 bits per heavy atom. The summed E-state index contributed by atoms with van der Waals surface area (Å²) in [5, 5.41) is 29.2. The lowest BCUT2D eigenvalue weighted by molar-refractivity contribution is -0.192. The molecule has 0 aromatic heterocycles. The number of alkyl halides is 3. The van der Waals surface area contributed by atoms with Crippen LogP contribution in [0.3, 0.4) is 0 Å². The third-order valence-corrected chi connectivity index (χ3v) is 7.30. The lowest BCUT2D eigenvalue weighted by Gasteiger charge is -2.28. The van der Waals surface area contributed by atoms with E-state index in [0.29, 0.717) is 19.3 Å². The third kappa shape index (κ3) is 22.7. The predicted octanol–water partition coefficient (Wildman–Crippen LogP) is -2.33. The lowest BCUT2D eigenvalue weighted by Crippen LogP contribution is -2.59. The number of guanidine groups is 1. The van der Waals surface area contributed by atoms with Gasteiger partial charge in [0, 0.05) is 6.54 Å². The first-order valence-electron chi connectivity index (χ1n) is 16.9. The number of halogens is 3. The number of amides is 6. The average molecular weight is 771 g/mol. The van der Waals surface area contributed by atoms with Crippen molar-refractivity contribution in [3.05, 3.63) is 0 Å². The van der Waals surface area contributed by atoms with Crippen LogP contribution in [0.1, 0.15) is 73.6 Å². The monoisotopic (exact) mass is 770 g/mol. The number of nitrogens with two attached hydrogens (primary N) is 4. The molecule has 0 bridgehead atoms. The number of rotatable bonds is 22. The van der Waals surface area contributed by atoms with E-state index in [4.69, 9.17) is 32.8 Å². The van der Waals surface area contributed by atoms with Gasteiger partial charge in [-0.2, -0.15) is 13.2 Å². The van der Waals surface area contributed by atoms with E-state index in [1.54, 1.807) is 6.92 Å². The number of primary amides is 1. The fraction of sp³-hybridized carbons (Fsp3) is 0.742. The maximum atomic E-state index is 13.3. The second-order valence-electron chi connectivity index (χ2n) is 13.0. The van der Waals surface area contributed by atoms with Crippen LogP contribution in [-0.2, 0) is 33.6 Å². The van der Waals surface area contributed by atoms with Gasteiger partial charge in [0.15, 0.2) is 5.96 Å². The maximum Gasteiger partial charge on any atom is 0.490 e. The predicted molar refractivity (Wildman–Crippen MR) is 187 cm³/mol. The maximum absolute atomic E-state index is 13.3. The Labute approximate surface area is 306 Å². The molecule has 0 aliphatic carbocycles. The Balaban J connectivity index is 0. The summed E-state index contributed by atoms with van der Waals surface area (Å²) in [5.41, 5.74) is 21.9. The zero-order valence-electron chi connectivity index (χ0n) is 30.9. The Hall–Kier alpha value is -4.73. The molecule has 0 spiro atoms. The van der Waals surface area contributed by atoms with E-state index in [1.165, 1.54) is 0 Å². The summed E-state index contributed by atoms with van der Waals surface area (Å²) in [6.45, 7) is 10.0. The van der Waals surface area contributed by atoms with Gasteiger partial charge in [-0.05, 0) is 43.4 Å². The van der Waals surface area contributed by atoms with Crippen molar-refractivity contribution in [1.82, 2.24) is 26.6 Å². The van der Waals surface area contributed by atoms with Crippen molar-refractivity contribution in [2.45, 2.75) is 110 Å². The molecule has 0 radical (unpaired) electrons. The molecular weight excluding hydrogens is 713 g/mol. The van der Waals surface area contributed by atoms with Crippen LogP contribution in [0, 0.1) is 17.8 Å². The highest BCUT2D eigenvalue weighted by Gasteiger charge is 2.38. The van der Waals surface area contributed by atoms with E-state index < -0.39 is 90.9 Å². The smallest absolute Gasteiger partial charge is 0.475 e. The lowest BCUT2D eigenvalue weighted by atomic mass is 9.96. The summed E-state index contributed by atoms with van der Waals surface area (Å²) < 4.78 is 31.7. The molecule has 0 fully saturated rings. The number of carbonyl (C=O) groups is 7. The number of hydrogen-bond acceptors (Lipinski definition) is 10. The number of aliphatic imine (C=N–C) groups is 1. The Morgan fingerprint density at radius 1 is 0.755 bits per heavy atom. The molecule has 0 unspecified atom stereocenters. The molecule has 0 aliphatic rings. The summed E-state index contributed by atoms with van der Waals surface area (Å²) in [6.07, 6.45) is -3.48. The van der Waals surface area contributed by atoms with Crippen LogP contribution in [0.25, 0.3) is 0 Å². The SMILES string of the molecule is CC[C@H](C)[C@H](NC(=O)CNC(=O)[C@H](CCCN=C(N)N)NC(=O)[C@@H](N)CC(C)C)C(=O)N[C@@H](CC(C)C)C(=O)N[C@@H](CO)C(N)=O.O=C(O)C(F)(F)F. The van der Waals surface area contributed by atoms with Crippen molar-refractivity contribution >= 4 is 47.4 Å². The molecule has 0 saturated heterocycles. The van der Waals surface area contributed by atoms with Gasteiger partial charge in [-0.15, -0.1) is 0 Å². The van der Waals surface area contributed by atoms with E-state index in [-0.39, 0.29) is 43.1 Å². The van der Waals surface area contributed by atoms with Crippen molar-refractivity contribution < 1.29 is 56.9 Å². The molecule has 6 amide bonds. The van der Waals surface area contributed by atoms with Gasteiger partial charge in [0.25, 0.3) is 0 Å². The average Bonchev–Trinajstić information content (AvgIpc) is 3.04. The Bertz CT molecular complexity index is 1250. The summed E-state index contributed by atoms with van der Waals surface area (Å²) in [7, 11) is 0. The molecule has 0 aliphatic heterocycles. The second kappa shape index (κ2) is 25.3. The molecule has 19 nitrogen and oxygen atoms in total. The number of carbonyl (C=O) groups excluding carboxylic acids is 6. The van der Waals surface area contributed by atoms with Gasteiger partial charge in [-0.25, -0.2) is 4.79 Å². The van der Waals surface area contributed by atoms with E-state index in [9.17, 15) is 47.0 Å². The van der Waals surface area contributed by atoms with Gasteiger partial charge < -0.3 is 59.7 Å². The first-order chi connectivity index (χ1) is 24.4. The zero-order chi connectivity index (χ0) is 41.6. The molecule has 22 heteroatoms. The number of nitrogens with one attached hydrogen (secondary N) is 5. The van der Waals surface area contributed by atoms with E-state index in [1.807, 2.05) is 34.6 Å². The first-order valence-corrected chi connectivity index (χ1v) is 16.9. The largest absolute Gasteiger partial charge is 0.490 e. The number of aliphatic hydroxyl groups excluding tert-OH is 1. The van der Waals surface area contributed by atoms with Crippen LogP contribution >= 0.6 is 0 Å². The fourth-order valence-corrected chi connectivity index (χ4v) is 4.33. The van der Waals surface area contributed by atoms with Crippen LogP contribution in [0.15, 0.2) is 4.99 Å². The van der Waals surface area contributed by atoms with Crippen LogP contribution < -0.4 is 49.5 Å². The number of aliphatic carboxylic acids is 1. The first kappa shape index (κ1) is 50.4. The quantitative estimate of drug-likeness (QED) is 0.0314. The number of nitrogens with zero attached hydrogens (tertiary/aromatic N) is 1. The Kier molecular flexibility index (Phi) is 24.0. The van der Waals surface area contributed by atoms with E-state index in [0.717, 1.165) is 0 Å². The highest BCUT2D eigenvalue weighted by molar-refractivity contribution is 5.95. The third-order valence-electron chi connectivity index (χ3n) is 7.30. The minimum atomic E-state index is -5.08. The standard InChI is InChI=1S/C29H56N10O7.C2HF3O2/c1-7-17(6)23(28(46)37-20(12-16(4)5)27(45)38-21(14-40)24(31)42)39-22(41)13-35-26(44)19(9-8-10-34-29(32)33)36-25(43)18(30)11-15(2)3;3-2(4,5)1(6)7/h15-21,23,40H,7-14,30H2,1-6H3,(H2,31,42)(H,35,44)(H,36,43)(H,37,46)(H,38,45)(H,39,41)(H4,32,33,34);(H,6,7)/t17-,18-,19-,20-,21-,23-;/m0./s1. The van der Waals surface area contributed by atoms with Crippen molar-refractivity contribution in [3.63, 3.8) is 0 Å². The molecule has 0 saturated carbocycles. The molecular formula is C31H57F3N10O9. The summed E-state index contributed by atoms with van der Waals surface area (Å²) >= 11 is 0. The zero-order valence-corrected chi connectivity index (χ0v) is 30.9. The number of hydrogen-bond donors (Lipinski definition) is 11. The van der Waals surface area contributed by atoms with Gasteiger partial charge in [-0.1, -0.05) is 48.0 Å². The van der Waals surface area contributed by atoms with E-state index in [2.05, 4.69) is 31.6 Å². The number of carboxylic acids is 1. The van der Waals surface area contributed by atoms with Gasteiger partial charge in [-0.3, -0.25) is 33.8 Å². The number of carboxylic acid groups (broad SMARTS) is 1. The topological polar surface area (TPSA) is 337 Å². The molecule has 0 heterocycles. The highest BCUT2D eigenvalue weighted by Crippen LogP contribution is 2.13. The van der Waals surface area contributed by atoms with Crippen LogP contribution in [-0.4, -0.2) is 114 Å². The van der Waals surface area contributed by atoms with Gasteiger partial charge >= 0.3 is 12.1 Å². The highest BCUT2D eigenvalue weighted by atomic mass is 19.4. The second-order valence-corrected chi connectivity index (χ2v) is 13.0. The molecule has 53 heavy (non-hydrogen) atoms. The van der Waals surface area contributed by atoms with Crippen LogP contribution in [0.5, 0.6) is 0 Å². The molecule has 15 N–H and O–H groups in total. The van der Waals surface area contributed by atoms with Crippen molar-refractivity contribution in [2.75, 3.05) is 19.7 Å². The van der Waals surface area contributed by atoms with E-state index >= 15 is 0 Å². The van der Waals surface area contributed by atoms with Crippen LogP contribution in [0.4, 0.5) is 13.2 Å². The normalized spacial score (nSPS) is 14.5. The minimum Gasteiger partial charge on any atom is -0.475 e. The molecule has 306 valence electrons. The minimum absolute atomic E-state index is 0.0446. The van der Waals surface area contributed by atoms with Gasteiger partial charge in [0.1, 0.15) is 24.2 Å². The van der Waals surface area contributed by atoms with Gasteiger partial charge in [0.05, 0.1) is 19.2 Å². The summed E-state index contributed by atoms with van der Waals surface area (Å²) in [6, 6.07) is -5.36. The van der Waals surface area contributed by atoms with Crippen molar-refractivity contribution in [3.8, 4) is 0 Å². The molecule has 0 aromatic carbocycles. The summed E-state index contributed by atoms with van der Waals surface area (Å²) in [5.74, 6) is -7.30. The fourth-order valence-electron chi connectivity index (χ4n) is 4.33. The molecule has 0 aromatic rings. The van der Waals surface area contributed by atoms with Crippen LogP contribution in [0.2, 0.25) is 0 Å². The van der Waals surface area contributed by atoms with Gasteiger partial charge in [0.2, 0.25) is 35.4 Å². The molecule has 6 atom stereocenters. The number of aliphatic hydroxyl groups is 1.